The monoisotopic (exact) mass is 210 g/mol. The molecule has 0 radical (unpaired) electrons. The summed E-state index contributed by atoms with van der Waals surface area (Å²) in [6.07, 6.45) is 1.05. The molecule has 0 heterocycles. The number of hydrogen-bond donors (Lipinski definition) is 1. The smallest absolute Gasteiger partial charge is 0.0713 e. The van der Waals surface area contributed by atoms with E-state index in [1.165, 1.54) is 21.9 Å². The summed E-state index contributed by atoms with van der Waals surface area (Å²) in [6.45, 7) is 2.18. The van der Waals surface area contributed by atoms with Crippen LogP contribution in [-0.2, 0) is 6.42 Å². The molecule has 16 heavy (non-hydrogen) atoms. The van der Waals surface area contributed by atoms with Gasteiger partial charge >= 0.3 is 0 Å². The number of hydrogen-bond acceptors (Lipinski definition) is 2. The first-order valence-electron chi connectivity index (χ1n) is 5.60. The molecule has 3 rings (SSSR count). The van der Waals surface area contributed by atoms with Crippen molar-refractivity contribution in [1.82, 2.24) is 0 Å². The fourth-order valence-corrected chi connectivity index (χ4v) is 2.65. The molecular formula is C14H14N2. The van der Waals surface area contributed by atoms with E-state index in [0.29, 0.717) is 5.92 Å². The van der Waals surface area contributed by atoms with E-state index >= 15 is 0 Å². The Morgan fingerprint density at radius 2 is 2.00 bits per heavy atom. The van der Waals surface area contributed by atoms with Crippen LogP contribution >= 0.6 is 0 Å². The molecule has 0 saturated heterocycles. The SMILES string of the molecule is CC1Cc2ccc3ccccc3c2/C1=N/N. The number of benzene rings is 2. The van der Waals surface area contributed by atoms with Gasteiger partial charge in [0.05, 0.1) is 5.71 Å². The van der Waals surface area contributed by atoms with Gasteiger partial charge in [0.25, 0.3) is 0 Å². The predicted octanol–water partition coefficient (Wildman–Crippen LogP) is 2.69. The zero-order valence-electron chi connectivity index (χ0n) is 9.27. The second-order valence-electron chi connectivity index (χ2n) is 4.44. The quantitative estimate of drug-likeness (QED) is 0.527. The highest BCUT2D eigenvalue weighted by Gasteiger charge is 2.26. The second-order valence-corrected chi connectivity index (χ2v) is 4.44. The lowest BCUT2D eigenvalue weighted by Crippen LogP contribution is -2.08. The summed E-state index contributed by atoms with van der Waals surface area (Å²) in [6, 6.07) is 12.8. The lowest BCUT2D eigenvalue weighted by Gasteiger charge is -2.06. The van der Waals surface area contributed by atoms with E-state index in [2.05, 4.69) is 48.4 Å². The fraction of sp³-hybridized carbons (Fsp3) is 0.214. The first-order valence-corrected chi connectivity index (χ1v) is 5.60. The Hall–Kier alpha value is -1.83. The topological polar surface area (TPSA) is 38.4 Å². The van der Waals surface area contributed by atoms with Gasteiger partial charge in [-0.15, -0.1) is 0 Å². The van der Waals surface area contributed by atoms with Gasteiger partial charge in [-0.25, -0.2) is 0 Å². The number of hydrazone groups is 1. The Morgan fingerprint density at radius 3 is 2.81 bits per heavy atom. The average Bonchev–Trinajstić information content (AvgIpc) is 2.65. The molecule has 0 aliphatic heterocycles. The largest absolute Gasteiger partial charge is 0.323 e. The molecule has 1 unspecified atom stereocenters. The van der Waals surface area contributed by atoms with E-state index in [1.54, 1.807) is 0 Å². The number of nitrogens with two attached hydrogens (primary N) is 1. The van der Waals surface area contributed by atoms with Crippen LogP contribution in [-0.4, -0.2) is 5.71 Å². The van der Waals surface area contributed by atoms with E-state index in [1.807, 2.05) is 0 Å². The van der Waals surface area contributed by atoms with Crippen LogP contribution in [0.1, 0.15) is 18.1 Å². The lowest BCUT2D eigenvalue weighted by atomic mass is 10.00. The minimum Gasteiger partial charge on any atom is -0.323 e. The van der Waals surface area contributed by atoms with E-state index in [-0.39, 0.29) is 0 Å². The van der Waals surface area contributed by atoms with Crippen molar-refractivity contribution in [3.8, 4) is 0 Å². The van der Waals surface area contributed by atoms with Crippen LogP contribution in [0, 0.1) is 5.92 Å². The maximum absolute atomic E-state index is 5.52. The highest BCUT2D eigenvalue weighted by Crippen LogP contribution is 2.32. The van der Waals surface area contributed by atoms with Crippen LogP contribution in [0.25, 0.3) is 10.8 Å². The average molecular weight is 210 g/mol. The van der Waals surface area contributed by atoms with Crippen molar-refractivity contribution in [2.75, 3.05) is 0 Å². The Bertz CT molecular complexity index is 584. The van der Waals surface area contributed by atoms with E-state index in [0.717, 1.165) is 12.1 Å². The molecule has 1 aliphatic carbocycles. The molecule has 0 bridgehead atoms. The van der Waals surface area contributed by atoms with Gasteiger partial charge in [-0.3, -0.25) is 0 Å². The Balaban J connectivity index is 2.40. The third-order valence-corrected chi connectivity index (χ3v) is 3.40. The fourth-order valence-electron chi connectivity index (χ4n) is 2.65. The van der Waals surface area contributed by atoms with E-state index < -0.39 is 0 Å². The van der Waals surface area contributed by atoms with E-state index in [4.69, 9.17) is 5.84 Å². The van der Waals surface area contributed by atoms with Crippen molar-refractivity contribution < 1.29 is 0 Å². The molecule has 0 amide bonds. The first kappa shape index (κ1) is 9.40. The zero-order chi connectivity index (χ0) is 11.1. The van der Waals surface area contributed by atoms with Gasteiger partial charge in [-0.1, -0.05) is 43.3 Å². The molecule has 2 aromatic carbocycles. The summed E-state index contributed by atoms with van der Waals surface area (Å²) >= 11 is 0. The van der Waals surface area contributed by atoms with Crippen LogP contribution in [0.3, 0.4) is 0 Å². The minimum atomic E-state index is 0.436. The molecule has 0 saturated carbocycles. The van der Waals surface area contributed by atoms with Crippen LogP contribution in [0.15, 0.2) is 41.5 Å². The van der Waals surface area contributed by atoms with E-state index in [9.17, 15) is 0 Å². The second kappa shape index (κ2) is 3.34. The molecule has 0 fully saturated rings. The van der Waals surface area contributed by atoms with Crippen molar-refractivity contribution >= 4 is 16.5 Å². The molecule has 80 valence electrons. The molecule has 2 nitrogen and oxygen atoms in total. The van der Waals surface area contributed by atoms with Crippen molar-refractivity contribution in [1.29, 1.82) is 0 Å². The molecular weight excluding hydrogens is 196 g/mol. The summed E-state index contributed by atoms with van der Waals surface area (Å²) in [5.74, 6) is 5.95. The predicted molar refractivity (Wildman–Crippen MR) is 67.5 cm³/mol. The highest BCUT2D eigenvalue weighted by molar-refractivity contribution is 6.15. The number of rotatable bonds is 0. The Labute approximate surface area is 94.8 Å². The summed E-state index contributed by atoms with van der Waals surface area (Å²) < 4.78 is 0. The van der Waals surface area contributed by atoms with Gasteiger partial charge in [0.15, 0.2) is 0 Å². The number of nitrogens with zero attached hydrogens (tertiary/aromatic N) is 1. The van der Waals surface area contributed by atoms with Gasteiger partial charge in [0, 0.05) is 11.5 Å². The standard InChI is InChI=1S/C14H14N2/c1-9-8-11-7-6-10-4-2-3-5-12(10)13(11)14(9)16-15/h2-7,9H,8,15H2,1H3/b16-14+. The lowest BCUT2D eigenvalue weighted by molar-refractivity contribution is 0.796. The van der Waals surface area contributed by atoms with Gasteiger partial charge in [0.1, 0.15) is 0 Å². The highest BCUT2D eigenvalue weighted by atomic mass is 15.1. The third kappa shape index (κ3) is 1.16. The number of fused-ring (bicyclic) bond motifs is 3. The molecule has 2 heteroatoms. The third-order valence-electron chi connectivity index (χ3n) is 3.40. The summed E-state index contributed by atoms with van der Waals surface area (Å²) in [7, 11) is 0. The molecule has 0 spiro atoms. The van der Waals surface area contributed by atoms with Crippen molar-refractivity contribution in [2.45, 2.75) is 13.3 Å². The van der Waals surface area contributed by atoms with Crippen molar-refractivity contribution in [2.24, 2.45) is 16.9 Å². The minimum absolute atomic E-state index is 0.436. The Kier molecular flexibility index (Phi) is 1.96. The Morgan fingerprint density at radius 1 is 1.19 bits per heavy atom. The summed E-state index contributed by atoms with van der Waals surface area (Å²) in [5, 5.41) is 6.51. The van der Waals surface area contributed by atoms with Gasteiger partial charge in [0.2, 0.25) is 0 Å². The van der Waals surface area contributed by atoms with Gasteiger partial charge < -0.3 is 5.84 Å². The van der Waals surface area contributed by atoms with Crippen molar-refractivity contribution in [3.05, 3.63) is 47.5 Å². The molecule has 1 aliphatic rings. The summed E-state index contributed by atoms with van der Waals surface area (Å²) in [5.41, 5.74) is 3.68. The normalized spacial score (nSPS) is 21.6. The van der Waals surface area contributed by atoms with Crippen LogP contribution < -0.4 is 5.84 Å². The van der Waals surface area contributed by atoms with Crippen molar-refractivity contribution in [3.63, 3.8) is 0 Å². The molecule has 2 N–H and O–H groups in total. The first-order chi connectivity index (χ1) is 7.81. The maximum atomic E-state index is 5.52. The van der Waals surface area contributed by atoms with Gasteiger partial charge in [-0.2, -0.15) is 5.10 Å². The molecule has 0 aromatic heterocycles. The van der Waals surface area contributed by atoms with Gasteiger partial charge in [-0.05, 0) is 22.8 Å². The molecule has 2 aromatic rings. The molecule has 1 atom stereocenters. The maximum Gasteiger partial charge on any atom is 0.0713 e. The van der Waals surface area contributed by atoms with Crippen LogP contribution in [0.2, 0.25) is 0 Å². The van der Waals surface area contributed by atoms with Crippen LogP contribution in [0.5, 0.6) is 0 Å². The summed E-state index contributed by atoms with van der Waals surface area (Å²) in [4.78, 5) is 0. The zero-order valence-corrected chi connectivity index (χ0v) is 9.27. The van der Waals surface area contributed by atoms with Crippen LogP contribution in [0.4, 0.5) is 0 Å².